The van der Waals surface area contributed by atoms with Crippen LogP contribution in [0.2, 0.25) is 0 Å². The van der Waals surface area contributed by atoms with Gasteiger partial charge >= 0.3 is 6.09 Å². The van der Waals surface area contributed by atoms with Crippen LogP contribution in [0.5, 0.6) is 11.5 Å². The second kappa shape index (κ2) is 5.73. The first kappa shape index (κ1) is 15.0. The molecule has 0 aromatic heterocycles. The molecular formula is C14H17NO7. The Bertz CT molecular complexity index is 578. The summed E-state index contributed by atoms with van der Waals surface area (Å²) in [6.07, 6.45) is -5.34. The highest BCUT2D eigenvalue weighted by molar-refractivity contribution is 5.75. The van der Waals surface area contributed by atoms with Gasteiger partial charge in [-0.3, -0.25) is 4.90 Å². The molecule has 1 aromatic carbocycles. The zero-order valence-corrected chi connectivity index (χ0v) is 11.9. The number of aliphatic hydroxyl groups is 3. The summed E-state index contributed by atoms with van der Waals surface area (Å²) in [6, 6.07) is 5.19. The van der Waals surface area contributed by atoms with Crippen molar-refractivity contribution >= 4 is 6.09 Å². The van der Waals surface area contributed by atoms with Gasteiger partial charge in [0.15, 0.2) is 17.7 Å². The Balaban J connectivity index is 1.86. The molecule has 3 N–H and O–H groups in total. The number of methoxy groups -OCH3 is 1. The maximum Gasteiger partial charge on any atom is 0.417 e. The zero-order chi connectivity index (χ0) is 15.9. The third kappa shape index (κ3) is 2.30. The number of ether oxygens (including phenoxy) is 3. The Morgan fingerprint density at radius 2 is 2.14 bits per heavy atom. The molecule has 2 heterocycles. The second-order valence-electron chi connectivity index (χ2n) is 5.17. The lowest BCUT2D eigenvalue weighted by Gasteiger charge is -2.33. The molecule has 8 heteroatoms. The molecule has 3 rings (SSSR count). The first-order chi connectivity index (χ1) is 10.6. The van der Waals surface area contributed by atoms with E-state index in [-0.39, 0.29) is 6.54 Å². The number of para-hydroxylation sites is 1. The van der Waals surface area contributed by atoms with Crippen molar-refractivity contribution < 1.29 is 34.3 Å². The lowest BCUT2D eigenvalue weighted by Crippen LogP contribution is -2.49. The number of benzene rings is 1. The lowest BCUT2D eigenvalue weighted by atomic mass is 10.1. The molecule has 1 fully saturated rings. The lowest BCUT2D eigenvalue weighted by molar-refractivity contribution is -0.0906. The molecule has 8 nitrogen and oxygen atoms in total. The monoisotopic (exact) mass is 311 g/mol. The van der Waals surface area contributed by atoms with Crippen LogP contribution in [-0.4, -0.2) is 64.6 Å². The maximum absolute atomic E-state index is 12.2. The van der Waals surface area contributed by atoms with E-state index in [0.717, 1.165) is 0 Å². The molecule has 0 radical (unpaired) electrons. The molecule has 120 valence electrons. The van der Waals surface area contributed by atoms with Crippen molar-refractivity contribution in [2.45, 2.75) is 31.1 Å². The predicted octanol–water partition coefficient (Wildman–Crippen LogP) is -0.551. The van der Waals surface area contributed by atoms with Crippen LogP contribution in [0, 0.1) is 0 Å². The van der Waals surface area contributed by atoms with Crippen LogP contribution < -0.4 is 9.47 Å². The van der Waals surface area contributed by atoms with Gasteiger partial charge in [-0.25, -0.2) is 4.79 Å². The van der Waals surface area contributed by atoms with Gasteiger partial charge in [0.1, 0.15) is 18.3 Å². The van der Waals surface area contributed by atoms with E-state index in [1.54, 1.807) is 18.2 Å². The average molecular weight is 311 g/mol. The van der Waals surface area contributed by atoms with E-state index < -0.39 is 37.2 Å². The number of carbonyl (C=O) groups is 1. The van der Waals surface area contributed by atoms with Crippen LogP contribution in [0.15, 0.2) is 18.2 Å². The summed E-state index contributed by atoms with van der Waals surface area (Å²) in [7, 11) is 1.47. The SMILES string of the molecule is COc1cccc2c1OC(=O)N([C@@H]1O[C@H](CO)[C@@H](O)[C@H]1O)C2. The van der Waals surface area contributed by atoms with Gasteiger partial charge in [0, 0.05) is 5.56 Å². The van der Waals surface area contributed by atoms with Crippen LogP contribution in [-0.2, 0) is 11.3 Å². The molecule has 0 saturated carbocycles. The Morgan fingerprint density at radius 3 is 2.77 bits per heavy atom. The average Bonchev–Trinajstić information content (AvgIpc) is 2.81. The quantitative estimate of drug-likeness (QED) is 0.687. The molecule has 0 bridgehead atoms. The van der Waals surface area contributed by atoms with Crippen molar-refractivity contribution in [3.05, 3.63) is 23.8 Å². The number of hydrogen-bond donors (Lipinski definition) is 3. The van der Waals surface area contributed by atoms with Crippen LogP contribution in [0.25, 0.3) is 0 Å². The van der Waals surface area contributed by atoms with Crippen LogP contribution in [0.4, 0.5) is 4.79 Å². The minimum absolute atomic E-state index is 0.137. The van der Waals surface area contributed by atoms with Gasteiger partial charge in [-0.15, -0.1) is 0 Å². The highest BCUT2D eigenvalue weighted by Crippen LogP contribution is 2.37. The van der Waals surface area contributed by atoms with Crippen molar-refractivity contribution in [3.8, 4) is 11.5 Å². The summed E-state index contributed by atoms with van der Waals surface area (Å²) in [4.78, 5) is 13.3. The van der Waals surface area contributed by atoms with Gasteiger partial charge in [0.2, 0.25) is 0 Å². The maximum atomic E-state index is 12.2. The molecule has 2 aliphatic heterocycles. The number of hydrogen-bond acceptors (Lipinski definition) is 7. The highest BCUT2D eigenvalue weighted by Gasteiger charge is 2.48. The van der Waals surface area contributed by atoms with Crippen molar-refractivity contribution in [1.82, 2.24) is 4.90 Å². The minimum Gasteiger partial charge on any atom is -0.493 e. The van der Waals surface area contributed by atoms with Gasteiger partial charge in [-0.1, -0.05) is 12.1 Å². The molecule has 0 unspecified atom stereocenters. The summed E-state index contributed by atoms with van der Waals surface area (Å²) < 4.78 is 15.8. The van der Waals surface area contributed by atoms with E-state index in [4.69, 9.17) is 19.3 Å². The molecule has 2 aliphatic rings. The Morgan fingerprint density at radius 1 is 1.36 bits per heavy atom. The number of nitrogens with zero attached hydrogens (tertiary/aromatic N) is 1. The van der Waals surface area contributed by atoms with Crippen LogP contribution >= 0.6 is 0 Å². The third-order valence-corrected chi connectivity index (χ3v) is 3.87. The summed E-state index contributed by atoms with van der Waals surface area (Å²) in [5, 5.41) is 28.9. The first-order valence-electron chi connectivity index (χ1n) is 6.83. The number of fused-ring (bicyclic) bond motifs is 1. The van der Waals surface area contributed by atoms with Crippen LogP contribution in [0.1, 0.15) is 5.56 Å². The second-order valence-corrected chi connectivity index (χ2v) is 5.17. The summed E-state index contributed by atoms with van der Waals surface area (Å²) in [5.74, 6) is 0.768. The van der Waals surface area contributed by atoms with Crippen molar-refractivity contribution in [2.24, 2.45) is 0 Å². The Labute approximate surface area is 126 Å². The van der Waals surface area contributed by atoms with E-state index in [2.05, 4.69) is 0 Å². The number of carbonyl (C=O) groups excluding carboxylic acids is 1. The fourth-order valence-corrected chi connectivity index (χ4v) is 2.69. The van der Waals surface area contributed by atoms with Crippen molar-refractivity contribution in [2.75, 3.05) is 13.7 Å². The normalized spacial score (nSPS) is 30.9. The van der Waals surface area contributed by atoms with Gasteiger partial charge < -0.3 is 29.5 Å². The standard InChI is InChI=1S/C14H17NO7/c1-20-8-4-2-3-7-5-15(14(19)22-12(7)8)13-11(18)10(17)9(6-16)21-13/h2-4,9-11,13,16-18H,5-6H2,1H3/t9-,10-,11-,13-/m1/s1. The predicted molar refractivity (Wildman–Crippen MR) is 72.3 cm³/mol. The van der Waals surface area contributed by atoms with Crippen molar-refractivity contribution in [3.63, 3.8) is 0 Å². The summed E-state index contributed by atoms with van der Waals surface area (Å²) >= 11 is 0. The molecule has 4 atom stereocenters. The highest BCUT2D eigenvalue weighted by atomic mass is 16.6. The van der Waals surface area contributed by atoms with Gasteiger partial charge in [0.05, 0.1) is 20.3 Å². The van der Waals surface area contributed by atoms with Gasteiger partial charge in [-0.05, 0) is 6.07 Å². The number of aliphatic hydroxyl groups excluding tert-OH is 3. The topological polar surface area (TPSA) is 109 Å². The largest absolute Gasteiger partial charge is 0.493 e. The molecule has 22 heavy (non-hydrogen) atoms. The fraction of sp³-hybridized carbons (Fsp3) is 0.500. The number of amides is 1. The number of rotatable bonds is 3. The van der Waals surface area contributed by atoms with E-state index in [1.165, 1.54) is 12.0 Å². The summed E-state index contributed by atoms with van der Waals surface area (Å²) in [6.45, 7) is -0.319. The molecule has 0 spiro atoms. The Kier molecular flexibility index (Phi) is 3.92. The fourth-order valence-electron chi connectivity index (χ4n) is 2.69. The Hall–Kier alpha value is -1.87. The minimum atomic E-state index is -1.32. The zero-order valence-electron chi connectivity index (χ0n) is 11.9. The van der Waals surface area contributed by atoms with E-state index in [1.807, 2.05) is 0 Å². The smallest absolute Gasteiger partial charge is 0.417 e. The molecule has 0 aliphatic carbocycles. The molecule has 1 saturated heterocycles. The van der Waals surface area contributed by atoms with Gasteiger partial charge in [0.25, 0.3) is 0 Å². The van der Waals surface area contributed by atoms with Gasteiger partial charge in [-0.2, -0.15) is 0 Å². The summed E-state index contributed by atoms with van der Waals surface area (Å²) in [5.41, 5.74) is 0.691. The first-order valence-corrected chi connectivity index (χ1v) is 6.83. The van der Waals surface area contributed by atoms with E-state index >= 15 is 0 Å². The van der Waals surface area contributed by atoms with E-state index in [9.17, 15) is 15.0 Å². The molecule has 1 amide bonds. The van der Waals surface area contributed by atoms with E-state index in [0.29, 0.717) is 17.1 Å². The van der Waals surface area contributed by atoms with Crippen molar-refractivity contribution in [1.29, 1.82) is 0 Å². The molecular weight excluding hydrogens is 294 g/mol. The third-order valence-electron chi connectivity index (χ3n) is 3.87. The molecule has 1 aromatic rings. The van der Waals surface area contributed by atoms with Crippen LogP contribution in [0.3, 0.4) is 0 Å².